The van der Waals surface area contributed by atoms with Gasteiger partial charge in [-0.25, -0.2) is 4.98 Å². The first-order valence-electron chi connectivity index (χ1n) is 5.01. The van der Waals surface area contributed by atoms with E-state index in [0.717, 1.165) is 38.2 Å². The number of nitrogens with zero attached hydrogens (tertiary/aromatic N) is 2. The zero-order chi connectivity index (χ0) is 10.2. The first-order chi connectivity index (χ1) is 6.86. The molecule has 0 aliphatic carbocycles. The Morgan fingerprint density at radius 3 is 3.14 bits per heavy atom. The number of methoxy groups -OCH3 is 1. The summed E-state index contributed by atoms with van der Waals surface area (Å²) in [6.45, 7) is 2.78. The lowest BCUT2D eigenvalue weighted by molar-refractivity contribution is 0.190. The van der Waals surface area contributed by atoms with Crippen molar-refractivity contribution in [3.63, 3.8) is 0 Å². The van der Waals surface area contributed by atoms with E-state index in [0.29, 0.717) is 0 Å². The van der Waals surface area contributed by atoms with Crippen LogP contribution in [-0.4, -0.2) is 36.9 Å². The van der Waals surface area contributed by atoms with Crippen LogP contribution in [0.5, 0.6) is 0 Å². The lowest BCUT2D eigenvalue weighted by atomic mass is 10.3. The minimum atomic E-state index is 0.810. The average molecular weight is 197 g/mol. The van der Waals surface area contributed by atoms with Gasteiger partial charge in [-0.1, -0.05) is 0 Å². The number of nitrogens with one attached hydrogen (secondary N) is 1. The zero-order valence-electron chi connectivity index (χ0n) is 8.99. The van der Waals surface area contributed by atoms with Gasteiger partial charge in [0.25, 0.3) is 0 Å². The molecule has 1 rings (SSSR count). The summed E-state index contributed by atoms with van der Waals surface area (Å²) in [5, 5.41) is 3.11. The third-order valence-electron chi connectivity index (χ3n) is 2.08. The summed E-state index contributed by atoms with van der Waals surface area (Å²) in [5.41, 5.74) is 1.15. The minimum Gasteiger partial charge on any atom is -0.385 e. The van der Waals surface area contributed by atoms with E-state index in [9.17, 15) is 0 Å². The van der Waals surface area contributed by atoms with Crippen LogP contribution in [0.2, 0.25) is 0 Å². The first-order valence-corrected chi connectivity index (χ1v) is 5.01. The summed E-state index contributed by atoms with van der Waals surface area (Å²) < 4.78 is 7.11. The Morgan fingerprint density at radius 1 is 1.57 bits per heavy atom. The molecule has 0 aliphatic heterocycles. The molecule has 0 fully saturated rings. The molecule has 0 atom stereocenters. The van der Waals surface area contributed by atoms with E-state index in [1.54, 1.807) is 7.11 Å². The molecule has 4 heteroatoms. The van der Waals surface area contributed by atoms with Crippen molar-refractivity contribution < 1.29 is 4.74 Å². The van der Waals surface area contributed by atoms with Gasteiger partial charge >= 0.3 is 0 Å². The molecule has 0 aliphatic rings. The smallest absolute Gasteiger partial charge is 0.0949 e. The fourth-order valence-electron chi connectivity index (χ4n) is 1.30. The Bertz CT molecular complexity index is 247. The van der Waals surface area contributed by atoms with Gasteiger partial charge in [0.2, 0.25) is 0 Å². The van der Waals surface area contributed by atoms with Crippen molar-refractivity contribution in [2.24, 2.45) is 0 Å². The molecule has 0 saturated carbocycles. The SMILES string of the molecule is CNCCc1cn(CCCOC)cn1. The second kappa shape index (κ2) is 6.56. The van der Waals surface area contributed by atoms with Crippen molar-refractivity contribution in [3.05, 3.63) is 18.2 Å². The van der Waals surface area contributed by atoms with Crippen molar-refractivity contribution in [2.45, 2.75) is 19.4 Å². The molecule has 0 bridgehead atoms. The summed E-state index contributed by atoms with van der Waals surface area (Å²) in [6.07, 6.45) is 6.03. The summed E-state index contributed by atoms with van der Waals surface area (Å²) in [5.74, 6) is 0. The standard InChI is InChI=1S/C10H19N3O/c1-11-5-4-10-8-13(9-12-10)6-3-7-14-2/h8-9,11H,3-7H2,1-2H3. The number of aryl methyl sites for hydroxylation is 1. The molecule has 0 saturated heterocycles. The summed E-state index contributed by atoms with van der Waals surface area (Å²) in [7, 11) is 3.68. The fourth-order valence-corrected chi connectivity index (χ4v) is 1.30. The van der Waals surface area contributed by atoms with Gasteiger partial charge in [0, 0.05) is 39.4 Å². The highest BCUT2D eigenvalue weighted by molar-refractivity contribution is 4.97. The topological polar surface area (TPSA) is 39.1 Å². The lowest BCUT2D eigenvalue weighted by Crippen LogP contribution is -2.10. The second-order valence-corrected chi connectivity index (χ2v) is 3.30. The van der Waals surface area contributed by atoms with Gasteiger partial charge in [-0.15, -0.1) is 0 Å². The molecule has 0 spiro atoms. The molecule has 80 valence electrons. The Labute approximate surface area is 85.3 Å². The molecule has 1 N–H and O–H groups in total. The molecule has 0 radical (unpaired) electrons. The molecule has 0 amide bonds. The lowest BCUT2D eigenvalue weighted by Gasteiger charge is -2.00. The molecule has 14 heavy (non-hydrogen) atoms. The Balaban J connectivity index is 2.27. The summed E-state index contributed by atoms with van der Waals surface area (Å²) in [6, 6.07) is 0. The van der Waals surface area contributed by atoms with E-state index in [-0.39, 0.29) is 0 Å². The van der Waals surface area contributed by atoms with Crippen molar-refractivity contribution in [2.75, 3.05) is 27.3 Å². The van der Waals surface area contributed by atoms with Gasteiger partial charge in [0.15, 0.2) is 0 Å². The van der Waals surface area contributed by atoms with Crippen molar-refractivity contribution in [1.29, 1.82) is 0 Å². The van der Waals surface area contributed by atoms with Crippen LogP contribution in [0.1, 0.15) is 12.1 Å². The molecule has 1 aromatic rings. The van der Waals surface area contributed by atoms with Gasteiger partial charge in [-0.3, -0.25) is 0 Å². The van der Waals surface area contributed by atoms with Gasteiger partial charge in [0.05, 0.1) is 12.0 Å². The van der Waals surface area contributed by atoms with Crippen LogP contribution in [0.25, 0.3) is 0 Å². The van der Waals surface area contributed by atoms with E-state index < -0.39 is 0 Å². The molecule has 1 heterocycles. The summed E-state index contributed by atoms with van der Waals surface area (Å²) in [4.78, 5) is 4.31. The van der Waals surface area contributed by atoms with Crippen LogP contribution >= 0.6 is 0 Å². The zero-order valence-corrected chi connectivity index (χ0v) is 8.99. The monoisotopic (exact) mass is 197 g/mol. The third-order valence-corrected chi connectivity index (χ3v) is 2.08. The van der Waals surface area contributed by atoms with Gasteiger partial charge in [-0.2, -0.15) is 0 Å². The Kier molecular flexibility index (Phi) is 5.25. The Morgan fingerprint density at radius 2 is 2.43 bits per heavy atom. The van der Waals surface area contributed by atoms with E-state index in [1.807, 2.05) is 13.4 Å². The Hall–Kier alpha value is -0.870. The molecule has 1 aromatic heterocycles. The minimum absolute atomic E-state index is 0.810. The first kappa shape index (κ1) is 11.2. The molecule has 0 unspecified atom stereocenters. The van der Waals surface area contributed by atoms with Gasteiger partial charge < -0.3 is 14.6 Å². The number of hydrogen-bond acceptors (Lipinski definition) is 3. The number of ether oxygens (including phenoxy) is 1. The van der Waals surface area contributed by atoms with E-state index >= 15 is 0 Å². The molecule has 4 nitrogen and oxygen atoms in total. The average Bonchev–Trinajstić information content (AvgIpc) is 2.63. The molecular weight excluding hydrogens is 178 g/mol. The van der Waals surface area contributed by atoms with Crippen LogP contribution in [0.15, 0.2) is 12.5 Å². The normalized spacial score (nSPS) is 10.7. The maximum absolute atomic E-state index is 4.99. The van der Waals surface area contributed by atoms with Crippen molar-refractivity contribution in [1.82, 2.24) is 14.9 Å². The van der Waals surface area contributed by atoms with Crippen LogP contribution < -0.4 is 5.32 Å². The maximum Gasteiger partial charge on any atom is 0.0949 e. The van der Waals surface area contributed by atoms with Crippen LogP contribution in [0, 0.1) is 0 Å². The van der Waals surface area contributed by atoms with E-state index in [4.69, 9.17) is 4.74 Å². The van der Waals surface area contributed by atoms with E-state index in [2.05, 4.69) is 21.1 Å². The number of imidazole rings is 1. The van der Waals surface area contributed by atoms with Gasteiger partial charge in [0.1, 0.15) is 0 Å². The molecular formula is C10H19N3O. The van der Waals surface area contributed by atoms with Gasteiger partial charge in [-0.05, 0) is 13.5 Å². The maximum atomic E-state index is 4.99. The highest BCUT2D eigenvalue weighted by atomic mass is 16.5. The predicted molar refractivity (Wildman–Crippen MR) is 56.4 cm³/mol. The van der Waals surface area contributed by atoms with Crippen molar-refractivity contribution in [3.8, 4) is 0 Å². The highest BCUT2D eigenvalue weighted by Crippen LogP contribution is 1.98. The molecule has 0 aromatic carbocycles. The van der Waals surface area contributed by atoms with Crippen molar-refractivity contribution >= 4 is 0 Å². The predicted octanol–water partition coefficient (Wildman–Crippen LogP) is 0.681. The highest BCUT2D eigenvalue weighted by Gasteiger charge is 1.97. The number of hydrogen-bond donors (Lipinski definition) is 1. The van der Waals surface area contributed by atoms with Crippen LogP contribution in [-0.2, 0) is 17.7 Å². The van der Waals surface area contributed by atoms with Crippen LogP contribution in [0.4, 0.5) is 0 Å². The van der Waals surface area contributed by atoms with E-state index in [1.165, 1.54) is 0 Å². The number of aromatic nitrogens is 2. The summed E-state index contributed by atoms with van der Waals surface area (Å²) >= 11 is 0. The number of likely N-dealkylation sites (N-methyl/N-ethyl adjacent to an activating group) is 1. The third kappa shape index (κ3) is 3.89. The fraction of sp³-hybridized carbons (Fsp3) is 0.700. The second-order valence-electron chi connectivity index (χ2n) is 3.30. The van der Waals surface area contributed by atoms with Crippen LogP contribution in [0.3, 0.4) is 0 Å². The largest absolute Gasteiger partial charge is 0.385 e. The quantitative estimate of drug-likeness (QED) is 0.653. The number of rotatable bonds is 7.